The van der Waals surface area contributed by atoms with Gasteiger partial charge in [-0.05, 0) is 49.2 Å². The van der Waals surface area contributed by atoms with Crippen molar-refractivity contribution < 1.29 is 14.3 Å². The third-order valence-corrected chi connectivity index (χ3v) is 6.56. The van der Waals surface area contributed by atoms with E-state index in [1.807, 2.05) is 24.3 Å². The van der Waals surface area contributed by atoms with Gasteiger partial charge in [-0.2, -0.15) is 15.0 Å². The molecule has 11 nitrogen and oxygen atoms in total. The quantitative estimate of drug-likeness (QED) is 0.162. The zero-order valence-corrected chi connectivity index (χ0v) is 23.0. The molecule has 2 aromatic carbocycles. The molecule has 0 spiro atoms. The van der Waals surface area contributed by atoms with E-state index in [2.05, 4.69) is 52.8 Å². The normalized spacial score (nSPS) is 14.1. The fourth-order valence-corrected chi connectivity index (χ4v) is 4.53. The van der Waals surface area contributed by atoms with Crippen molar-refractivity contribution in [3.8, 4) is 0 Å². The van der Waals surface area contributed by atoms with Crippen molar-refractivity contribution in [2.45, 2.75) is 38.3 Å². The van der Waals surface area contributed by atoms with Gasteiger partial charge >= 0.3 is 5.97 Å². The second-order valence-corrected chi connectivity index (χ2v) is 9.59. The Morgan fingerprint density at radius 1 is 1.00 bits per heavy atom. The minimum Gasteiger partial charge on any atom is -0.467 e. The van der Waals surface area contributed by atoms with Crippen molar-refractivity contribution in [3.63, 3.8) is 0 Å². The van der Waals surface area contributed by atoms with Gasteiger partial charge < -0.3 is 25.4 Å². The van der Waals surface area contributed by atoms with Gasteiger partial charge in [0, 0.05) is 32.3 Å². The summed E-state index contributed by atoms with van der Waals surface area (Å²) in [6, 6.07) is 14.6. The fraction of sp³-hybridized carbons (Fsp3) is 0.414. The average Bonchev–Trinajstić information content (AvgIpc) is 2.97. The van der Waals surface area contributed by atoms with Gasteiger partial charge in [-0.25, -0.2) is 9.64 Å². The number of likely N-dealkylation sites (tertiary alicyclic amines) is 1. The highest BCUT2D eigenvalue weighted by Gasteiger charge is 2.22. The van der Waals surface area contributed by atoms with Crippen molar-refractivity contribution in [2.24, 2.45) is 0 Å². The highest BCUT2D eigenvalue weighted by Crippen LogP contribution is 2.21. The second-order valence-electron chi connectivity index (χ2n) is 9.59. The second kappa shape index (κ2) is 14.8. The molecule has 11 heteroatoms. The molecule has 1 saturated heterocycles. The molecule has 1 atom stereocenters. The Bertz CT molecular complexity index is 1290. The minimum absolute atomic E-state index is 0.218. The average molecular weight is 545 g/mol. The summed E-state index contributed by atoms with van der Waals surface area (Å²) in [7, 11) is 2.96. The molecule has 1 fully saturated rings. The molecule has 40 heavy (non-hydrogen) atoms. The Labute approximate surface area is 235 Å². The Balaban J connectivity index is 1.53. The molecule has 2 heterocycles. The number of hydrogen-bond donors (Lipinski definition) is 3. The SMILES string of the molecule is [C-]#[N+]c1ccc(C[C@H](Nc2nc(NCCOC)nc(Nc3cccc(CN4CCCCC4)c3)n2)C(=O)OC)cc1. The number of aromatic nitrogens is 3. The van der Waals surface area contributed by atoms with Crippen LogP contribution in [0.5, 0.6) is 0 Å². The van der Waals surface area contributed by atoms with E-state index in [-0.39, 0.29) is 5.95 Å². The van der Waals surface area contributed by atoms with E-state index in [4.69, 9.17) is 16.0 Å². The van der Waals surface area contributed by atoms with E-state index in [1.54, 1.807) is 19.2 Å². The largest absolute Gasteiger partial charge is 0.467 e. The summed E-state index contributed by atoms with van der Waals surface area (Å²) < 4.78 is 10.2. The van der Waals surface area contributed by atoms with Crippen LogP contribution in [0.3, 0.4) is 0 Å². The number of carbonyl (C=O) groups is 1. The molecule has 1 aliphatic heterocycles. The molecule has 210 valence electrons. The van der Waals surface area contributed by atoms with Gasteiger partial charge in [-0.15, -0.1) is 0 Å². The van der Waals surface area contributed by atoms with Crippen LogP contribution in [-0.4, -0.2) is 72.3 Å². The molecule has 0 bridgehead atoms. The lowest BCUT2D eigenvalue weighted by Gasteiger charge is -2.26. The van der Waals surface area contributed by atoms with Gasteiger partial charge in [0.1, 0.15) is 6.04 Å². The van der Waals surface area contributed by atoms with Gasteiger partial charge in [0.15, 0.2) is 5.69 Å². The molecule has 4 rings (SSSR count). The molecular weight excluding hydrogens is 508 g/mol. The third-order valence-electron chi connectivity index (χ3n) is 6.56. The maximum Gasteiger partial charge on any atom is 0.328 e. The van der Waals surface area contributed by atoms with Crippen LogP contribution in [-0.2, 0) is 27.2 Å². The van der Waals surface area contributed by atoms with E-state index in [9.17, 15) is 4.79 Å². The van der Waals surface area contributed by atoms with Crippen molar-refractivity contribution in [1.82, 2.24) is 19.9 Å². The zero-order valence-electron chi connectivity index (χ0n) is 23.0. The first kappa shape index (κ1) is 28.7. The Kier molecular flexibility index (Phi) is 10.6. The third kappa shape index (κ3) is 8.62. The Morgan fingerprint density at radius 3 is 2.48 bits per heavy atom. The first-order chi connectivity index (χ1) is 19.6. The molecule has 0 amide bonds. The highest BCUT2D eigenvalue weighted by molar-refractivity contribution is 5.79. The number of rotatable bonds is 13. The predicted octanol–water partition coefficient (Wildman–Crippen LogP) is 4.41. The van der Waals surface area contributed by atoms with E-state index in [0.29, 0.717) is 37.2 Å². The molecule has 3 aromatic rings. The van der Waals surface area contributed by atoms with E-state index in [1.165, 1.54) is 31.9 Å². The van der Waals surface area contributed by atoms with Crippen molar-refractivity contribution in [1.29, 1.82) is 0 Å². The topological polar surface area (TPSA) is 118 Å². The summed E-state index contributed by atoms with van der Waals surface area (Å²) in [6.45, 7) is 11.3. The fourth-order valence-electron chi connectivity index (χ4n) is 4.53. The number of anilines is 4. The highest BCUT2D eigenvalue weighted by atomic mass is 16.5. The molecule has 1 aromatic heterocycles. The lowest BCUT2D eigenvalue weighted by molar-refractivity contribution is -0.141. The van der Waals surface area contributed by atoms with Crippen molar-refractivity contribution in [3.05, 3.63) is 71.1 Å². The van der Waals surface area contributed by atoms with Gasteiger partial charge in [0.2, 0.25) is 17.8 Å². The predicted molar refractivity (Wildman–Crippen MR) is 155 cm³/mol. The van der Waals surface area contributed by atoms with Crippen LogP contribution in [0.1, 0.15) is 30.4 Å². The van der Waals surface area contributed by atoms with Gasteiger partial charge in [0.25, 0.3) is 0 Å². The van der Waals surface area contributed by atoms with Gasteiger partial charge in [-0.3, -0.25) is 4.90 Å². The van der Waals surface area contributed by atoms with Crippen molar-refractivity contribution in [2.75, 3.05) is 56.4 Å². The van der Waals surface area contributed by atoms with Crippen LogP contribution in [0, 0.1) is 6.57 Å². The summed E-state index contributed by atoms with van der Waals surface area (Å²) in [5.74, 6) is 0.433. The van der Waals surface area contributed by atoms with Crippen LogP contribution in [0.4, 0.5) is 29.2 Å². The standard InChI is InChI=1S/C29H36N8O3/c1-30-23-12-10-21(11-13-23)19-25(26(38)40-3)33-29-35-27(31-14-17-39-2)34-28(36-29)32-24-9-7-8-22(18-24)20-37-15-5-4-6-16-37/h7-13,18,25H,4-6,14-17,19-20H2,2-3H3,(H3,31,32,33,34,35,36)/t25-/m0/s1. The summed E-state index contributed by atoms with van der Waals surface area (Å²) in [6.07, 6.45) is 4.12. The number of hydrogen-bond acceptors (Lipinski definition) is 10. The first-order valence-corrected chi connectivity index (χ1v) is 13.4. The number of esters is 1. The van der Waals surface area contributed by atoms with Crippen LogP contribution in [0.15, 0.2) is 48.5 Å². The summed E-state index contributed by atoms with van der Waals surface area (Å²) >= 11 is 0. The number of methoxy groups -OCH3 is 2. The smallest absolute Gasteiger partial charge is 0.328 e. The molecular formula is C29H36N8O3. The molecule has 0 unspecified atom stereocenters. The maximum absolute atomic E-state index is 12.7. The molecule has 1 aliphatic rings. The van der Waals surface area contributed by atoms with E-state index < -0.39 is 12.0 Å². The van der Waals surface area contributed by atoms with Crippen molar-refractivity contribution >= 4 is 35.2 Å². The summed E-state index contributed by atoms with van der Waals surface area (Å²) in [5, 5.41) is 9.55. The van der Waals surface area contributed by atoms with Gasteiger partial charge in [0.05, 0.1) is 20.3 Å². The molecule has 0 radical (unpaired) electrons. The van der Waals surface area contributed by atoms with Gasteiger partial charge in [-0.1, -0.05) is 42.8 Å². The minimum atomic E-state index is -0.751. The first-order valence-electron chi connectivity index (χ1n) is 13.4. The van der Waals surface area contributed by atoms with Crippen LogP contribution < -0.4 is 16.0 Å². The van der Waals surface area contributed by atoms with E-state index >= 15 is 0 Å². The monoisotopic (exact) mass is 544 g/mol. The number of ether oxygens (including phenoxy) is 2. The van der Waals surface area contributed by atoms with Crippen LogP contribution in [0.2, 0.25) is 0 Å². The Morgan fingerprint density at radius 2 is 1.75 bits per heavy atom. The lowest BCUT2D eigenvalue weighted by atomic mass is 10.1. The number of nitrogens with zero attached hydrogens (tertiary/aromatic N) is 5. The molecule has 0 saturated carbocycles. The maximum atomic E-state index is 12.7. The van der Waals surface area contributed by atoms with Crippen LogP contribution >= 0.6 is 0 Å². The number of carbonyl (C=O) groups excluding carboxylic acids is 1. The number of nitrogens with one attached hydrogen (secondary N) is 3. The lowest BCUT2D eigenvalue weighted by Crippen LogP contribution is -2.33. The number of piperidine rings is 1. The summed E-state index contributed by atoms with van der Waals surface area (Å²) in [5.41, 5.74) is 3.48. The Hall–Kier alpha value is -4.27. The van der Waals surface area contributed by atoms with E-state index in [0.717, 1.165) is 30.9 Å². The van der Waals surface area contributed by atoms with Crippen LogP contribution in [0.25, 0.3) is 4.85 Å². The molecule has 3 N–H and O–H groups in total. The number of benzene rings is 2. The molecule has 0 aliphatic carbocycles. The summed E-state index contributed by atoms with van der Waals surface area (Å²) in [4.78, 5) is 32.1. The zero-order chi connectivity index (χ0) is 28.2.